The van der Waals surface area contributed by atoms with Crippen molar-refractivity contribution in [3.63, 3.8) is 0 Å². The first-order chi connectivity index (χ1) is 3.35. The Morgan fingerprint density at radius 2 is 1.86 bits per heavy atom. The molecule has 0 aromatic heterocycles. The van der Waals surface area contributed by atoms with Crippen LogP contribution in [0.3, 0.4) is 0 Å². The van der Waals surface area contributed by atoms with Gasteiger partial charge in [0.25, 0.3) is 0 Å². The van der Waals surface area contributed by atoms with Gasteiger partial charge in [-0.15, -0.1) is 0 Å². The highest BCUT2D eigenvalue weighted by Crippen LogP contribution is 1.78. The van der Waals surface area contributed by atoms with Crippen LogP contribution < -0.4 is 5.48 Å². The van der Waals surface area contributed by atoms with Crippen LogP contribution in [-0.4, -0.2) is 25.8 Å². The fourth-order valence-corrected chi connectivity index (χ4v) is 0.202. The predicted octanol–water partition coefficient (Wildman–Crippen LogP) is -0.458. The number of methoxy groups -OCH3 is 2. The molecule has 0 bridgehead atoms. The fraction of sp³-hybridized carbons (Fsp3) is 1.00. The molecule has 0 rings (SSSR count). The van der Waals surface area contributed by atoms with Crippen molar-refractivity contribution in [1.29, 1.82) is 0 Å². The summed E-state index contributed by atoms with van der Waals surface area (Å²) < 4.78 is 8.93. The first-order valence-corrected chi connectivity index (χ1v) is 1.80. The summed E-state index contributed by atoms with van der Waals surface area (Å²) in [5, 5.41) is 8.03. The number of nitrogens with one attached hydrogen (secondary N) is 1. The van der Waals surface area contributed by atoms with Gasteiger partial charge in [0.15, 0.2) is 0 Å². The molecule has 0 aliphatic rings. The van der Waals surface area contributed by atoms with Gasteiger partial charge in [-0.2, -0.15) is 5.48 Å². The molecule has 4 heteroatoms. The lowest BCUT2D eigenvalue weighted by atomic mass is 11.1. The molecule has 0 amide bonds. The average Bonchev–Trinajstić information content (AvgIpc) is 1.72. The molecule has 2 N–H and O–H groups in total. The maximum absolute atomic E-state index is 8.03. The molecule has 0 heterocycles. The SMILES string of the molecule is COC(NO)OC. The van der Waals surface area contributed by atoms with Crippen LogP contribution in [-0.2, 0) is 9.47 Å². The largest absolute Gasteiger partial charge is 0.342 e. The van der Waals surface area contributed by atoms with Crippen molar-refractivity contribution in [3.05, 3.63) is 0 Å². The predicted molar refractivity (Wildman–Crippen MR) is 22.7 cm³/mol. The Morgan fingerprint density at radius 3 is 1.86 bits per heavy atom. The van der Waals surface area contributed by atoms with Gasteiger partial charge in [0.05, 0.1) is 0 Å². The zero-order chi connectivity index (χ0) is 5.70. The molecule has 0 unspecified atom stereocenters. The van der Waals surface area contributed by atoms with E-state index in [2.05, 4.69) is 9.47 Å². The topological polar surface area (TPSA) is 50.7 Å². The van der Waals surface area contributed by atoms with Gasteiger partial charge >= 0.3 is 0 Å². The third-order valence-electron chi connectivity index (χ3n) is 0.534. The molecule has 0 radical (unpaired) electrons. The van der Waals surface area contributed by atoms with Gasteiger partial charge in [-0.25, -0.2) is 0 Å². The third kappa shape index (κ3) is 2.52. The van der Waals surface area contributed by atoms with Crippen LogP contribution in [0.15, 0.2) is 0 Å². The molecular formula is C3H9NO3. The van der Waals surface area contributed by atoms with Gasteiger partial charge < -0.3 is 14.7 Å². The van der Waals surface area contributed by atoms with E-state index in [1.165, 1.54) is 14.2 Å². The van der Waals surface area contributed by atoms with Crippen LogP contribution in [0.5, 0.6) is 0 Å². The Labute approximate surface area is 42.0 Å². The highest BCUT2D eigenvalue weighted by atomic mass is 16.7. The number of rotatable bonds is 3. The van der Waals surface area contributed by atoms with Crippen LogP contribution in [0.4, 0.5) is 0 Å². The number of hydroxylamine groups is 1. The lowest BCUT2D eigenvalue weighted by Gasteiger charge is -2.08. The Balaban J connectivity index is 2.99. The Kier molecular flexibility index (Phi) is 3.92. The molecule has 0 atom stereocenters. The molecular weight excluding hydrogens is 98.0 g/mol. The second-order valence-corrected chi connectivity index (χ2v) is 0.932. The lowest BCUT2D eigenvalue weighted by Crippen LogP contribution is -2.29. The molecule has 0 aliphatic carbocycles. The second kappa shape index (κ2) is 4.01. The summed E-state index contributed by atoms with van der Waals surface area (Å²) in [4.78, 5) is 0. The van der Waals surface area contributed by atoms with Crippen LogP contribution >= 0.6 is 0 Å². The molecule has 0 aromatic carbocycles. The van der Waals surface area contributed by atoms with Crippen molar-refractivity contribution in [2.24, 2.45) is 0 Å². The molecule has 0 saturated carbocycles. The monoisotopic (exact) mass is 107 g/mol. The summed E-state index contributed by atoms with van der Waals surface area (Å²) in [6.07, 6.45) is -0.708. The van der Waals surface area contributed by atoms with Gasteiger partial charge in [0.2, 0.25) is 6.41 Å². The van der Waals surface area contributed by atoms with Gasteiger partial charge in [-0.1, -0.05) is 0 Å². The molecule has 4 nitrogen and oxygen atoms in total. The number of hydrogen-bond acceptors (Lipinski definition) is 4. The minimum Gasteiger partial charge on any atom is -0.342 e. The lowest BCUT2D eigenvalue weighted by molar-refractivity contribution is -0.177. The molecule has 44 valence electrons. The molecule has 0 aromatic rings. The zero-order valence-electron chi connectivity index (χ0n) is 4.34. The molecule has 0 aliphatic heterocycles. The van der Waals surface area contributed by atoms with Crippen molar-refractivity contribution < 1.29 is 14.7 Å². The minimum absolute atomic E-state index is 0.708. The van der Waals surface area contributed by atoms with E-state index in [9.17, 15) is 0 Å². The number of ether oxygens (including phenoxy) is 2. The fourth-order valence-electron chi connectivity index (χ4n) is 0.202. The van der Waals surface area contributed by atoms with E-state index in [0.717, 1.165) is 0 Å². The summed E-state index contributed by atoms with van der Waals surface area (Å²) in [5.41, 5.74) is 1.76. The van der Waals surface area contributed by atoms with E-state index in [-0.39, 0.29) is 0 Å². The van der Waals surface area contributed by atoms with Crippen molar-refractivity contribution in [2.45, 2.75) is 6.41 Å². The summed E-state index contributed by atoms with van der Waals surface area (Å²) >= 11 is 0. The quantitative estimate of drug-likeness (QED) is 0.378. The Bertz CT molecular complexity index is 31.7. The van der Waals surface area contributed by atoms with Crippen LogP contribution in [0.1, 0.15) is 0 Å². The smallest absolute Gasteiger partial charge is 0.237 e. The zero-order valence-corrected chi connectivity index (χ0v) is 4.34. The Hall–Kier alpha value is -0.160. The van der Waals surface area contributed by atoms with Gasteiger partial charge in [-0.3, -0.25) is 0 Å². The maximum Gasteiger partial charge on any atom is 0.237 e. The van der Waals surface area contributed by atoms with Gasteiger partial charge in [0.1, 0.15) is 0 Å². The van der Waals surface area contributed by atoms with E-state index in [4.69, 9.17) is 5.21 Å². The minimum atomic E-state index is -0.708. The van der Waals surface area contributed by atoms with Crippen molar-refractivity contribution in [2.75, 3.05) is 14.2 Å². The summed E-state index contributed by atoms with van der Waals surface area (Å²) in [5.74, 6) is 0. The first-order valence-electron chi connectivity index (χ1n) is 1.80. The Morgan fingerprint density at radius 1 is 1.43 bits per heavy atom. The van der Waals surface area contributed by atoms with E-state index in [0.29, 0.717) is 0 Å². The van der Waals surface area contributed by atoms with Crippen LogP contribution in [0, 0.1) is 0 Å². The molecule has 7 heavy (non-hydrogen) atoms. The van der Waals surface area contributed by atoms with Gasteiger partial charge in [0, 0.05) is 14.2 Å². The van der Waals surface area contributed by atoms with Crippen molar-refractivity contribution in [3.8, 4) is 0 Å². The summed E-state index contributed by atoms with van der Waals surface area (Å²) in [7, 11) is 2.83. The van der Waals surface area contributed by atoms with Crippen LogP contribution in [0.2, 0.25) is 0 Å². The van der Waals surface area contributed by atoms with E-state index in [1.54, 1.807) is 5.48 Å². The van der Waals surface area contributed by atoms with Crippen molar-refractivity contribution in [1.82, 2.24) is 5.48 Å². The van der Waals surface area contributed by atoms with Gasteiger partial charge in [-0.05, 0) is 0 Å². The second-order valence-electron chi connectivity index (χ2n) is 0.932. The standard InChI is InChI=1S/C3H9NO3/c1-6-3(4-5)7-2/h3-5H,1-2H3. The summed E-state index contributed by atoms with van der Waals surface area (Å²) in [6.45, 7) is 0. The third-order valence-corrected chi connectivity index (χ3v) is 0.534. The van der Waals surface area contributed by atoms with Crippen molar-refractivity contribution >= 4 is 0 Å². The van der Waals surface area contributed by atoms with E-state index < -0.39 is 6.41 Å². The summed E-state index contributed by atoms with van der Waals surface area (Å²) in [6, 6.07) is 0. The van der Waals surface area contributed by atoms with E-state index >= 15 is 0 Å². The molecule has 0 fully saturated rings. The first kappa shape index (κ1) is 6.84. The maximum atomic E-state index is 8.03. The molecule has 0 saturated heterocycles. The average molecular weight is 107 g/mol. The molecule has 0 spiro atoms. The highest BCUT2D eigenvalue weighted by Gasteiger charge is 1.96. The number of hydrogen-bond donors (Lipinski definition) is 2. The van der Waals surface area contributed by atoms with Crippen LogP contribution in [0.25, 0.3) is 0 Å². The van der Waals surface area contributed by atoms with E-state index in [1.807, 2.05) is 0 Å². The highest BCUT2D eigenvalue weighted by molar-refractivity contribution is 4.17. The normalized spacial score (nSPS) is 10.3.